The number of carbonyl (C=O) groups excluding carboxylic acids is 2. The van der Waals surface area contributed by atoms with Gasteiger partial charge in [-0.25, -0.2) is 4.79 Å². The zero-order valence-electron chi connectivity index (χ0n) is 33.2. The second-order valence-corrected chi connectivity index (χ2v) is 16.5. The molecular formula is C43H56F3N5O3S. The summed E-state index contributed by atoms with van der Waals surface area (Å²) in [6.45, 7) is 18.5. The molecular weight excluding hydrogens is 724 g/mol. The van der Waals surface area contributed by atoms with Gasteiger partial charge in [-0.05, 0) is 98.7 Å². The number of hydrogen-bond acceptors (Lipinski definition) is 7. The molecule has 0 aliphatic heterocycles. The predicted octanol–water partition coefficient (Wildman–Crippen LogP) is 10.8. The van der Waals surface area contributed by atoms with Crippen molar-refractivity contribution < 1.29 is 27.5 Å². The first-order valence-corrected chi connectivity index (χ1v) is 18.7. The molecule has 2 amide bonds. The number of anilines is 2. The maximum atomic E-state index is 13.6. The Morgan fingerprint density at radius 3 is 2.02 bits per heavy atom. The number of allylic oxidation sites excluding steroid dienone is 2. The number of ether oxygens (including phenoxy) is 1. The molecule has 55 heavy (non-hydrogen) atoms. The van der Waals surface area contributed by atoms with Crippen LogP contribution in [0.25, 0.3) is 0 Å². The number of benzene rings is 3. The van der Waals surface area contributed by atoms with Crippen LogP contribution in [0.2, 0.25) is 0 Å². The number of alkyl halides is 3. The molecule has 5 N–H and O–H groups in total. The molecule has 1 atom stereocenters. The predicted molar refractivity (Wildman–Crippen MR) is 220 cm³/mol. The monoisotopic (exact) mass is 779 g/mol. The smallest absolute Gasteiger partial charge is 0.415 e. The Balaban J connectivity index is 0.00000138. The standard InChI is InChI=1S/C37H40F3N5O3.C4H10S.C2H6/c1-24(37(38,39)40)18-32(44-30-12-6-9-27(20-30)23-43-34(47)48-35(2,3)4)33(46)45-31-13-7-11-29(21-31)36(42,17-16-25-14-15-25)28-10-5-8-26(19-28)22-41;1-4(2,3)5;1-2/h5-13,18-21,25,44H,1,14-17,23,42H2,2-4H3,(H,43,47)(H,45,46);5H,1-3H3;1-2H3/b32-18-;;. The van der Waals surface area contributed by atoms with Crippen molar-refractivity contribution in [3.8, 4) is 6.07 Å². The molecule has 1 fully saturated rings. The van der Waals surface area contributed by atoms with Crippen LogP contribution in [0.5, 0.6) is 0 Å². The number of nitrogens with zero attached hydrogens (tertiary/aromatic N) is 1. The van der Waals surface area contributed by atoms with E-state index in [-0.39, 0.29) is 11.3 Å². The van der Waals surface area contributed by atoms with E-state index in [0.717, 1.165) is 24.8 Å². The average molecular weight is 780 g/mol. The third-order valence-corrected chi connectivity index (χ3v) is 7.76. The van der Waals surface area contributed by atoms with Crippen molar-refractivity contribution >= 4 is 36.0 Å². The van der Waals surface area contributed by atoms with Crippen molar-refractivity contribution in [3.05, 3.63) is 119 Å². The lowest BCUT2D eigenvalue weighted by atomic mass is 9.79. The van der Waals surface area contributed by atoms with Gasteiger partial charge in [0.15, 0.2) is 0 Å². The van der Waals surface area contributed by atoms with Crippen LogP contribution in [0, 0.1) is 17.2 Å². The van der Waals surface area contributed by atoms with Crippen LogP contribution in [0.3, 0.4) is 0 Å². The van der Waals surface area contributed by atoms with E-state index in [4.69, 9.17) is 10.5 Å². The van der Waals surface area contributed by atoms with Gasteiger partial charge < -0.3 is 26.4 Å². The molecule has 1 unspecified atom stereocenters. The lowest BCUT2D eigenvalue weighted by Crippen LogP contribution is -2.38. The molecule has 1 aliphatic carbocycles. The number of alkyl carbamates (subject to hydrolysis) is 1. The summed E-state index contributed by atoms with van der Waals surface area (Å²) in [5.74, 6) is -0.260. The average Bonchev–Trinajstić information content (AvgIpc) is 3.93. The van der Waals surface area contributed by atoms with Crippen LogP contribution in [0.15, 0.2) is 96.7 Å². The number of amides is 2. The maximum Gasteiger partial charge on any atom is 0.415 e. The highest BCUT2D eigenvalue weighted by molar-refractivity contribution is 7.81. The van der Waals surface area contributed by atoms with Crippen molar-refractivity contribution in [2.24, 2.45) is 11.7 Å². The largest absolute Gasteiger partial charge is 0.444 e. The Morgan fingerprint density at radius 1 is 0.927 bits per heavy atom. The Bertz CT molecular complexity index is 1830. The summed E-state index contributed by atoms with van der Waals surface area (Å²) in [7, 11) is 0. The van der Waals surface area contributed by atoms with E-state index in [1.165, 1.54) is 0 Å². The number of carbonyl (C=O) groups is 2. The minimum absolute atomic E-state index is 0.0799. The number of nitrogens with two attached hydrogens (primary N) is 1. The summed E-state index contributed by atoms with van der Waals surface area (Å²) in [5, 5.41) is 17.6. The number of hydrogen-bond donors (Lipinski definition) is 5. The number of nitriles is 1. The van der Waals surface area contributed by atoms with Gasteiger partial charge in [-0.15, -0.1) is 0 Å². The van der Waals surface area contributed by atoms with E-state index in [1.54, 1.807) is 81.4 Å². The van der Waals surface area contributed by atoms with Gasteiger partial charge in [-0.1, -0.05) is 90.4 Å². The van der Waals surface area contributed by atoms with Gasteiger partial charge in [0.25, 0.3) is 5.91 Å². The summed E-state index contributed by atoms with van der Waals surface area (Å²) < 4.78 is 46.1. The van der Waals surface area contributed by atoms with E-state index < -0.39 is 40.6 Å². The maximum absolute atomic E-state index is 13.6. The Hall–Kier alpha value is -4.73. The third-order valence-electron chi connectivity index (χ3n) is 7.76. The van der Waals surface area contributed by atoms with Gasteiger partial charge in [0.1, 0.15) is 11.3 Å². The Kier molecular flexibility index (Phi) is 17.1. The molecule has 0 saturated heterocycles. The fourth-order valence-electron chi connectivity index (χ4n) is 5.05. The molecule has 3 aromatic rings. The Labute approximate surface area is 330 Å². The highest BCUT2D eigenvalue weighted by Crippen LogP contribution is 2.40. The van der Waals surface area contributed by atoms with Crippen molar-refractivity contribution in [2.75, 3.05) is 10.6 Å². The lowest BCUT2D eigenvalue weighted by Gasteiger charge is -2.31. The van der Waals surface area contributed by atoms with Crippen molar-refractivity contribution in [1.29, 1.82) is 5.26 Å². The highest BCUT2D eigenvalue weighted by atomic mass is 32.1. The molecule has 0 spiro atoms. The SMILES string of the molecule is C=C(/C=C(\Nc1cccc(CNC(=O)OC(C)(C)C)c1)C(=O)Nc1cccc(C(N)(CCC2CC2)c2cccc(C#N)c2)c1)C(F)(F)F.CC.CC(C)(C)S. The van der Waals surface area contributed by atoms with E-state index >= 15 is 0 Å². The zero-order chi connectivity index (χ0) is 41.6. The van der Waals surface area contributed by atoms with Crippen LogP contribution >= 0.6 is 12.6 Å². The molecule has 298 valence electrons. The molecule has 0 aromatic heterocycles. The van der Waals surface area contributed by atoms with Gasteiger partial charge >= 0.3 is 12.3 Å². The minimum Gasteiger partial charge on any atom is -0.444 e. The topological polar surface area (TPSA) is 129 Å². The van der Waals surface area contributed by atoms with Gasteiger partial charge in [-0.2, -0.15) is 31.1 Å². The Morgan fingerprint density at radius 2 is 1.47 bits per heavy atom. The van der Waals surface area contributed by atoms with Gasteiger partial charge in [0.05, 0.1) is 22.7 Å². The van der Waals surface area contributed by atoms with Crippen molar-refractivity contribution in [3.63, 3.8) is 0 Å². The van der Waals surface area contributed by atoms with Crippen LogP contribution in [0.1, 0.15) is 103 Å². The van der Waals surface area contributed by atoms with E-state index in [2.05, 4.69) is 62.0 Å². The summed E-state index contributed by atoms with van der Waals surface area (Å²) >= 11 is 4.12. The zero-order valence-corrected chi connectivity index (χ0v) is 34.1. The molecule has 1 aliphatic rings. The summed E-state index contributed by atoms with van der Waals surface area (Å²) in [6.07, 6.45) is -1.01. The van der Waals surface area contributed by atoms with Gasteiger partial charge in [0.2, 0.25) is 0 Å². The number of rotatable bonds is 12. The quantitative estimate of drug-likeness (QED) is 0.0707. The molecule has 0 heterocycles. The lowest BCUT2D eigenvalue weighted by molar-refractivity contribution is -0.112. The molecule has 3 aromatic carbocycles. The number of halogens is 3. The number of thiol groups is 1. The highest BCUT2D eigenvalue weighted by Gasteiger charge is 2.34. The van der Waals surface area contributed by atoms with Gasteiger partial charge in [-0.3, -0.25) is 4.79 Å². The second kappa shape index (κ2) is 20.3. The van der Waals surface area contributed by atoms with E-state index in [9.17, 15) is 28.0 Å². The van der Waals surface area contributed by atoms with Crippen molar-refractivity contribution in [2.45, 2.75) is 110 Å². The fourth-order valence-corrected chi connectivity index (χ4v) is 5.05. The first-order valence-electron chi connectivity index (χ1n) is 18.3. The fraction of sp³-hybridized carbons (Fsp3) is 0.419. The summed E-state index contributed by atoms with van der Waals surface area (Å²) in [6, 6.07) is 22.6. The van der Waals surface area contributed by atoms with Gasteiger partial charge in [0, 0.05) is 22.7 Å². The molecule has 4 rings (SSSR count). The minimum atomic E-state index is -4.77. The molecule has 0 radical (unpaired) electrons. The van der Waals surface area contributed by atoms with Crippen molar-refractivity contribution in [1.82, 2.24) is 5.32 Å². The summed E-state index contributed by atoms with van der Waals surface area (Å²) in [5.41, 5.74) is 6.91. The van der Waals surface area contributed by atoms with Crippen LogP contribution in [0.4, 0.5) is 29.3 Å². The van der Waals surface area contributed by atoms with Crippen LogP contribution in [-0.4, -0.2) is 28.5 Å². The number of nitrogens with one attached hydrogen (secondary N) is 3. The molecule has 0 bridgehead atoms. The molecule has 8 nitrogen and oxygen atoms in total. The third kappa shape index (κ3) is 17.1. The first-order chi connectivity index (χ1) is 25.6. The van der Waals surface area contributed by atoms with Crippen LogP contribution < -0.4 is 21.7 Å². The molecule has 12 heteroatoms. The molecule has 1 saturated carbocycles. The second-order valence-electron chi connectivity index (χ2n) is 15.1. The normalized spacial score (nSPS) is 14.0. The van der Waals surface area contributed by atoms with E-state index in [1.807, 2.05) is 26.0 Å². The van der Waals surface area contributed by atoms with E-state index in [0.29, 0.717) is 46.5 Å². The first kappa shape index (κ1) is 46.4. The summed E-state index contributed by atoms with van der Waals surface area (Å²) in [4.78, 5) is 25.6. The van der Waals surface area contributed by atoms with Crippen LogP contribution in [-0.2, 0) is 21.6 Å².